The summed E-state index contributed by atoms with van der Waals surface area (Å²) in [5.74, 6) is 1.53. The van der Waals surface area contributed by atoms with Gasteiger partial charge < -0.3 is 4.90 Å². The van der Waals surface area contributed by atoms with E-state index in [1.807, 2.05) is 0 Å². The number of hydrogen-bond donors (Lipinski definition) is 0. The molecule has 0 N–H and O–H groups in total. The number of likely N-dealkylation sites (N-methyl/N-ethyl adjacent to an activating group) is 1. The second-order valence-electron chi connectivity index (χ2n) is 6.45. The third kappa shape index (κ3) is 2.72. The summed E-state index contributed by atoms with van der Waals surface area (Å²) in [7, 11) is 2.19. The molecule has 0 aliphatic carbocycles. The zero-order chi connectivity index (χ0) is 15.0. The fraction of sp³-hybridized carbons (Fsp3) is 0.471. The van der Waals surface area contributed by atoms with Crippen molar-refractivity contribution in [2.75, 3.05) is 31.6 Å². The highest BCUT2D eigenvalue weighted by Gasteiger charge is 2.32. The molecule has 0 radical (unpaired) electrons. The molecule has 3 nitrogen and oxygen atoms in total. The van der Waals surface area contributed by atoms with Crippen LogP contribution in [0.4, 0.5) is 5.82 Å². The summed E-state index contributed by atoms with van der Waals surface area (Å²) < 4.78 is 0. The van der Waals surface area contributed by atoms with Gasteiger partial charge in [0.25, 0.3) is 0 Å². The van der Waals surface area contributed by atoms with Gasteiger partial charge in [-0.15, -0.1) is 11.6 Å². The van der Waals surface area contributed by atoms with Crippen molar-refractivity contribution in [3.8, 4) is 0 Å². The normalized spacial score (nSPS) is 19.1. The topological polar surface area (TPSA) is 19.4 Å². The molecule has 2 aromatic rings. The number of halogens is 1. The Kier molecular flexibility index (Phi) is 3.80. The molecule has 1 fully saturated rings. The van der Waals surface area contributed by atoms with Gasteiger partial charge in [-0.3, -0.25) is 4.90 Å². The van der Waals surface area contributed by atoms with Crippen LogP contribution in [0.15, 0.2) is 30.3 Å². The summed E-state index contributed by atoms with van der Waals surface area (Å²) in [6.07, 6.45) is 0. The molecule has 1 saturated heterocycles. The number of pyridine rings is 1. The minimum absolute atomic E-state index is 0.151. The largest absolute Gasteiger partial charge is 0.353 e. The monoisotopic (exact) mass is 303 g/mol. The molecule has 0 bridgehead atoms. The van der Waals surface area contributed by atoms with E-state index < -0.39 is 0 Å². The Morgan fingerprint density at radius 1 is 1.24 bits per heavy atom. The molecule has 1 aromatic carbocycles. The molecule has 0 spiro atoms. The average molecular weight is 304 g/mol. The van der Waals surface area contributed by atoms with Crippen LogP contribution in [0.3, 0.4) is 0 Å². The van der Waals surface area contributed by atoms with E-state index in [0.29, 0.717) is 5.88 Å². The van der Waals surface area contributed by atoms with Crippen LogP contribution in [-0.4, -0.2) is 42.1 Å². The standard InChI is InChI=1S/C17H22ClN3/c1-17(2)12-21(9-8-20(17)3)16-15-7-5-4-6-13(15)10-14(11-18)19-16/h4-7,10H,8-9,11-12H2,1-3H3. The Balaban J connectivity index is 2.07. The summed E-state index contributed by atoms with van der Waals surface area (Å²) >= 11 is 6.03. The van der Waals surface area contributed by atoms with Crippen molar-refractivity contribution in [2.24, 2.45) is 0 Å². The fourth-order valence-corrected chi connectivity index (χ4v) is 3.10. The number of aromatic nitrogens is 1. The van der Waals surface area contributed by atoms with Gasteiger partial charge in [0, 0.05) is 30.6 Å². The van der Waals surface area contributed by atoms with Crippen LogP contribution in [-0.2, 0) is 5.88 Å². The highest BCUT2D eigenvalue weighted by atomic mass is 35.5. The molecule has 21 heavy (non-hydrogen) atoms. The third-order valence-corrected chi connectivity index (χ3v) is 4.80. The van der Waals surface area contributed by atoms with Crippen LogP contribution < -0.4 is 4.90 Å². The highest BCUT2D eigenvalue weighted by Crippen LogP contribution is 2.30. The van der Waals surface area contributed by atoms with Crippen LogP contribution in [0.5, 0.6) is 0 Å². The predicted molar refractivity (Wildman–Crippen MR) is 90.2 cm³/mol. The van der Waals surface area contributed by atoms with Gasteiger partial charge in [-0.1, -0.05) is 24.3 Å². The first-order valence-electron chi connectivity index (χ1n) is 7.42. The summed E-state index contributed by atoms with van der Waals surface area (Å²) in [6.45, 7) is 7.60. The lowest BCUT2D eigenvalue weighted by atomic mass is 9.99. The van der Waals surface area contributed by atoms with Crippen molar-refractivity contribution in [3.05, 3.63) is 36.0 Å². The number of rotatable bonds is 2. The third-order valence-electron chi connectivity index (χ3n) is 4.53. The Hall–Kier alpha value is -1.32. The van der Waals surface area contributed by atoms with E-state index in [0.717, 1.165) is 31.1 Å². The van der Waals surface area contributed by atoms with E-state index in [1.165, 1.54) is 10.8 Å². The Morgan fingerprint density at radius 2 is 2.00 bits per heavy atom. The maximum Gasteiger partial charge on any atom is 0.136 e. The molecular weight excluding hydrogens is 282 g/mol. The second kappa shape index (κ2) is 5.47. The number of nitrogens with zero attached hydrogens (tertiary/aromatic N) is 3. The molecular formula is C17H22ClN3. The van der Waals surface area contributed by atoms with E-state index in [9.17, 15) is 0 Å². The fourth-order valence-electron chi connectivity index (χ4n) is 2.97. The molecule has 1 aliphatic rings. The first kappa shape index (κ1) is 14.6. The van der Waals surface area contributed by atoms with Crippen molar-refractivity contribution in [1.82, 2.24) is 9.88 Å². The maximum absolute atomic E-state index is 6.03. The highest BCUT2D eigenvalue weighted by molar-refractivity contribution is 6.17. The first-order chi connectivity index (χ1) is 10.0. The van der Waals surface area contributed by atoms with Crippen LogP contribution >= 0.6 is 11.6 Å². The van der Waals surface area contributed by atoms with Crippen molar-refractivity contribution >= 4 is 28.2 Å². The molecule has 4 heteroatoms. The van der Waals surface area contributed by atoms with E-state index in [1.54, 1.807) is 0 Å². The van der Waals surface area contributed by atoms with Gasteiger partial charge in [-0.05, 0) is 32.3 Å². The van der Waals surface area contributed by atoms with Crippen LogP contribution in [0.25, 0.3) is 10.8 Å². The molecule has 3 rings (SSSR count). The van der Waals surface area contributed by atoms with Crippen molar-refractivity contribution < 1.29 is 0 Å². The van der Waals surface area contributed by atoms with Gasteiger partial charge in [0.15, 0.2) is 0 Å². The molecule has 112 valence electrons. The lowest BCUT2D eigenvalue weighted by molar-refractivity contribution is 0.138. The van der Waals surface area contributed by atoms with Crippen molar-refractivity contribution in [2.45, 2.75) is 25.3 Å². The van der Waals surface area contributed by atoms with Crippen molar-refractivity contribution in [1.29, 1.82) is 0 Å². The zero-order valence-electron chi connectivity index (χ0n) is 12.9. The van der Waals surface area contributed by atoms with E-state index in [2.05, 4.69) is 61.0 Å². The zero-order valence-corrected chi connectivity index (χ0v) is 13.7. The lowest BCUT2D eigenvalue weighted by Crippen LogP contribution is -2.58. The molecule has 0 saturated carbocycles. The second-order valence-corrected chi connectivity index (χ2v) is 6.71. The number of fused-ring (bicyclic) bond motifs is 1. The van der Waals surface area contributed by atoms with Crippen LogP contribution in [0.2, 0.25) is 0 Å². The minimum atomic E-state index is 0.151. The van der Waals surface area contributed by atoms with Gasteiger partial charge >= 0.3 is 0 Å². The lowest BCUT2D eigenvalue weighted by Gasteiger charge is -2.46. The van der Waals surface area contributed by atoms with E-state index >= 15 is 0 Å². The predicted octanol–water partition coefficient (Wildman–Crippen LogP) is 3.50. The van der Waals surface area contributed by atoms with Gasteiger partial charge in [-0.2, -0.15) is 0 Å². The Bertz CT molecular complexity index is 654. The van der Waals surface area contributed by atoms with Crippen LogP contribution in [0, 0.1) is 0 Å². The van der Waals surface area contributed by atoms with Gasteiger partial charge in [0.2, 0.25) is 0 Å². The number of benzene rings is 1. The molecule has 0 unspecified atom stereocenters. The molecule has 2 heterocycles. The minimum Gasteiger partial charge on any atom is -0.353 e. The molecule has 1 aromatic heterocycles. The number of piperazine rings is 1. The van der Waals surface area contributed by atoms with Gasteiger partial charge in [-0.25, -0.2) is 4.98 Å². The Morgan fingerprint density at radius 3 is 2.71 bits per heavy atom. The number of anilines is 1. The summed E-state index contributed by atoms with van der Waals surface area (Å²) in [6, 6.07) is 10.5. The maximum atomic E-state index is 6.03. The quantitative estimate of drug-likeness (QED) is 0.792. The SMILES string of the molecule is CN1CCN(c2nc(CCl)cc3ccccc23)CC1(C)C. The Labute approximate surface area is 131 Å². The smallest absolute Gasteiger partial charge is 0.136 e. The first-order valence-corrected chi connectivity index (χ1v) is 7.95. The van der Waals surface area contributed by atoms with Crippen LogP contribution in [0.1, 0.15) is 19.5 Å². The van der Waals surface area contributed by atoms with Crippen molar-refractivity contribution in [3.63, 3.8) is 0 Å². The summed E-state index contributed by atoms with van der Waals surface area (Å²) in [5.41, 5.74) is 1.10. The molecule has 0 atom stereocenters. The molecule has 1 aliphatic heterocycles. The van der Waals surface area contributed by atoms with Gasteiger partial charge in [0.1, 0.15) is 5.82 Å². The van der Waals surface area contributed by atoms with E-state index in [-0.39, 0.29) is 5.54 Å². The average Bonchev–Trinajstić information content (AvgIpc) is 2.48. The van der Waals surface area contributed by atoms with E-state index in [4.69, 9.17) is 16.6 Å². The van der Waals surface area contributed by atoms with Gasteiger partial charge in [0.05, 0.1) is 11.6 Å². The number of hydrogen-bond acceptors (Lipinski definition) is 3. The summed E-state index contributed by atoms with van der Waals surface area (Å²) in [5, 5.41) is 2.43. The summed E-state index contributed by atoms with van der Waals surface area (Å²) in [4.78, 5) is 9.62. The molecule has 0 amide bonds. The number of alkyl halides is 1.